The molecule has 0 unspecified atom stereocenters. The summed E-state index contributed by atoms with van der Waals surface area (Å²) in [5.74, 6) is -0.323. The van der Waals surface area contributed by atoms with Gasteiger partial charge in [0.05, 0.1) is 16.8 Å². The molecular weight excluding hydrogens is 418 g/mol. The second kappa shape index (κ2) is 6.29. The molecule has 4 nitrogen and oxygen atoms in total. The molecule has 0 spiro atoms. The van der Waals surface area contributed by atoms with Crippen molar-refractivity contribution in [2.24, 2.45) is 0 Å². The van der Waals surface area contributed by atoms with Crippen LogP contribution in [0.4, 0.5) is 0 Å². The van der Waals surface area contributed by atoms with Crippen LogP contribution in [0.15, 0.2) is 12.1 Å². The molecule has 1 fully saturated rings. The van der Waals surface area contributed by atoms with Crippen LogP contribution < -0.4 is 5.46 Å². The molecule has 0 bridgehead atoms. The van der Waals surface area contributed by atoms with Crippen molar-refractivity contribution >= 4 is 41.1 Å². The van der Waals surface area contributed by atoms with E-state index < -0.39 is 23.9 Å². The summed E-state index contributed by atoms with van der Waals surface area (Å²) in [7, 11) is -0.495. The molecule has 1 heterocycles. The second-order valence-corrected chi connectivity index (χ2v) is 9.50. The molecule has 1 aromatic carbocycles. The maximum absolute atomic E-state index is 12.5. The summed E-state index contributed by atoms with van der Waals surface area (Å²) in [4.78, 5) is 12.5. The molecule has 1 aliphatic heterocycles. The van der Waals surface area contributed by atoms with E-state index in [4.69, 9.17) is 14.0 Å². The minimum absolute atomic E-state index is 0.323. The van der Waals surface area contributed by atoms with Crippen LogP contribution in [0.25, 0.3) is 0 Å². The molecular formula is C18H26BIO4. The molecule has 1 aromatic rings. The van der Waals surface area contributed by atoms with Crippen molar-refractivity contribution in [3.05, 3.63) is 26.8 Å². The van der Waals surface area contributed by atoms with Gasteiger partial charge in [0, 0.05) is 3.57 Å². The Labute approximate surface area is 158 Å². The van der Waals surface area contributed by atoms with Crippen LogP contribution in [-0.2, 0) is 14.0 Å². The average Bonchev–Trinajstić information content (AvgIpc) is 2.58. The van der Waals surface area contributed by atoms with Crippen molar-refractivity contribution < 1.29 is 18.8 Å². The van der Waals surface area contributed by atoms with E-state index in [1.165, 1.54) is 0 Å². The van der Waals surface area contributed by atoms with Crippen molar-refractivity contribution in [2.75, 3.05) is 0 Å². The van der Waals surface area contributed by atoms with Crippen LogP contribution in [0.5, 0.6) is 0 Å². The molecule has 0 aromatic heterocycles. The topological polar surface area (TPSA) is 44.8 Å². The maximum Gasteiger partial charge on any atom is 0.495 e. The molecule has 0 atom stereocenters. The number of esters is 1. The normalized spacial score (nSPS) is 19.5. The molecule has 0 radical (unpaired) electrons. The molecule has 0 amide bonds. The predicted octanol–water partition coefficient (Wildman–Crippen LogP) is 3.85. The highest BCUT2D eigenvalue weighted by Crippen LogP contribution is 2.37. The largest absolute Gasteiger partial charge is 0.495 e. The highest BCUT2D eigenvalue weighted by Gasteiger charge is 2.52. The van der Waals surface area contributed by atoms with Crippen LogP contribution in [0.3, 0.4) is 0 Å². The highest BCUT2D eigenvalue weighted by molar-refractivity contribution is 14.1. The summed E-state index contributed by atoms with van der Waals surface area (Å²) >= 11 is 2.20. The van der Waals surface area contributed by atoms with Gasteiger partial charge in [-0.25, -0.2) is 4.79 Å². The molecule has 132 valence electrons. The summed E-state index contributed by atoms with van der Waals surface area (Å²) in [6, 6.07) is 3.85. The van der Waals surface area contributed by atoms with Gasteiger partial charge in [0.25, 0.3) is 0 Å². The quantitative estimate of drug-likeness (QED) is 0.395. The van der Waals surface area contributed by atoms with E-state index in [0.29, 0.717) is 5.56 Å². The summed E-state index contributed by atoms with van der Waals surface area (Å²) < 4.78 is 18.8. The van der Waals surface area contributed by atoms with Gasteiger partial charge in [-0.3, -0.25) is 0 Å². The van der Waals surface area contributed by atoms with E-state index in [9.17, 15) is 4.79 Å². The Morgan fingerprint density at radius 1 is 1.12 bits per heavy atom. The fourth-order valence-electron chi connectivity index (χ4n) is 2.46. The molecule has 0 saturated carbocycles. The van der Waals surface area contributed by atoms with E-state index in [1.807, 2.05) is 67.5 Å². The fraction of sp³-hybridized carbons (Fsp3) is 0.611. The van der Waals surface area contributed by atoms with Gasteiger partial charge in [0.2, 0.25) is 0 Å². The van der Waals surface area contributed by atoms with E-state index in [2.05, 4.69) is 22.6 Å². The van der Waals surface area contributed by atoms with E-state index in [-0.39, 0.29) is 5.97 Å². The van der Waals surface area contributed by atoms with Crippen LogP contribution in [0.1, 0.15) is 64.4 Å². The summed E-state index contributed by atoms with van der Waals surface area (Å²) in [6.45, 7) is 15.6. The van der Waals surface area contributed by atoms with Crippen LogP contribution in [-0.4, -0.2) is 29.9 Å². The van der Waals surface area contributed by atoms with Gasteiger partial charge in [0.1, 0.15) is 5.60 Å². The van der Waals surface area contributed by atoms with Crippen LogP contribution >= 0.6 is 22.6 Å². The lowest BCUT2D eigenvalue weighted by Crippen LogP contribution is -2.41. The number of rotatable bonds is 2. The van der Waals surface area contributed by atoms with Crippen molar-refractivity contribution in [3.8, 4) is 0 Å². The third kappa shape index (κ3) is 3.97. The minimum Gasteiger partial charge on any atom is -0.456 e. The molecule has 1 saturated heterocycles. The van der Waals surface area contributed by atoms with Crippen molar-refractivity contribution in [2.45, 2.75) is 72.2 Å². The van der Waals surface area contributed by atoms with Crippen molar-refractivity contribution in [1.82, 2.24) is 0 Å². The first-order valence-corrected chi connectivity index (χ1v) is 9.20. The van der Waals surface area contributed by atoms with Gasteiger partial charge < -0.3 is 14.0 Å². The average molecular weight is 444 g/mol. The SMILES string of the molecule is Cc1c(B2OC(C)(C)C(C)(C)O2)cc(I)cc1C(=O)OC(C)(C)C. The maximum atomic E-state index is 12.5. The Bertz CT molecular complexity index is 646. The van der Waals surface area contributed by atoms with Gasteiger partial charge in [0.15, 0.2) is 0 Å². The molecule has 0 aliphatic carbocycles. The Morgan fingerprint density at radius 3 is 2.08 bits per heavy atom. The number of carbonyl (C=O) groups is 1. The molecule has 6 heteroatoms. The third-order valence-corrected chi connectivity index (χ3v) is 5.16. The van der Waals surface area contributed by atoms with E-state index in [1.54, 1.807) is 0 Å². The number of carbonyl (C=O) groups excluding carboxylic acids is 1. The molecule has 1 aliphatic rings. The van der Waals surface area contributed by atoms with Gasteiger partial charge in [-0.05, 0) is 101 Å². The molecule has 24 heavy (non-hydrogen) atoms. The lowest BCUT2D eigenvalue weighted by molar-refractivity contribution is 0.00578. The summed E-state index contributed by atoms with van der Waals surface area (Å²) in [5, 5.41) is 0. The number of hydrogen-bond donors (Lipinski definition) is 0. The highest BCUT2D eigenvalue weighted by atomic mass is 127. The summed E-state index contributed by atoms with van der Waals surface area (Å²) in [5.41, 5.74) is 0.899. The van der Waals surface area contributed by atoms with Crippen LogP contribution in [0.2, 0.25) is 0 Å². The molecule has 2 rings (SSSR count). The zero-order valence-corrected chi connectivity index (χ0v) is 17.9. The van der Waals surface area contributed by atoms with Gasteiger partial charge >= 0.3 is 13.1 Å². The van der Waals surface area contributed by atoms with E-state index in [0.717, 1.165) is 14.6 Å². The third-order valence-electron chi connectivity index (χ3n) is 4.54. The Morgan fingerprint density at radius 2 is 1.62 bits per heavy atom. The molecule has 0 N–H and O–H groups in total. The van der Waals surface area contributed by atoms with E-state index >= 15 is 0 Å². The fourth-order valence-corrected chi connectivity index (χ4v) is 3.11. The Balaban J connectivity index is 2.42. The number of hydrogen-bond acceptors (Lipinski definition) is 4. The van der Waals surface area contributed by atoms with Gasteiger partial charge in [-0.2, -0.15) is 0 Å². The van der Waals surface area contributed by atoms with Gasteiger partial charge in [-0.15, -0.1) is 0 Å². The standard InChI is InChI=1S/C18H26BIO4/c1-11-13(15(21)22-16(2,3)4)9-12(20)10-14(11)19-23-17(5,6)18(7,8)24-19/h9-10H,1-8H3. The predicted molar refractivity (Wildman–Crippen MR) is 105 cm³/mol. The van der Waals surface area contributed by atoms with Crippen molar-refractivity contribution in [3.63, 3.8) is 0 Å². The zero-order valence-electron chi connectivity index (χ0n) is 15.7. The smallest absolute Gasteiger partial charge is 0.456 e. The first kappa shape index (κ1) is 19.7. The number of ether oxygens (including phenoxy) is 1. The van der Waals surface area contributed by atoms with Crippen molar-refractivity contribution in [1.29, 1.82) is 0 Å². The summed E-state index contributed by atoms with van der Waals surface area (Å²) in [6.07, 6.45) is 0. The minimum atomic E-state index is -0.532. The Hall–Kier alpha value is -0.595. The first-order chi connectivity index (χ1) is 10.7. The zero-order chi connectivity index (χ0) is 18.5. The number of benzene rings is 1. The lowest BCUT2D eigenvalue weighted by atomic mass is 9.75. The monoisotopic (exact) mass is 444 g/mol. The lowest BCUT2D eigenvalue weighted by Gasteiger charge is -2.32. The number of halogens is 1. The van der Waals surface area contributed by atoms with Gasteiger partial charge in [-0.1, -0.05) is 0 Å². The van der Waals surface area contributed by atoms with Crippen LogP contribution in [0, 0.1) is 10.5 Å². The second-order valence-electron chi connectivity index (χ2n) is 8.26. The Kier molecular flexibility index (Phi) is 5.17. The first-order valence-electron chi connectivity index (χ1n) is 8.12.